The van der Waals surface area contributed by atoms with E-state index in [1.54, 1.807) is 12.1 Å². The molecule has 0 bridgehead atoms. The topological polar surface area (TPSA) is 38.5 Å². The van der Waals surface area contributed by atoms with Crippen LogP contribution in [0.3, 0.4) is 0 Å². The highest BCUT2D eigenvalue weighted by Gasteiger charge is 2.31. The first-order valence-corrected chi connectivity index (χ1v) is 7.13. The van der Waals surface area contributed by atoms with Crippen molar-refractivity contribution < 1.29 is 17.9 Å². The molecule has 2 unspecified atom stereocenters. The number of nitrogens with two attached hydrogens (primary N) is 1. The van der Waals surface area contributed by atoms with Crippen LogP contribution in [-0.2, 0) is 0 Å². The van der Waals surface area contributed by atoms with Gasteiger partial charge in [-0.15, -0.1) is 13.2 Å². The Balaban J connectivity index is 2.91. The zero-order chi connectivity index (χ0) is 16.0. The zero-order valence-corrected chi connectivity index (χ0v) is 12.7. The Morgan fingerprint density at radius 2 is 1.76 bits per heavy atom. The molecule has 0 aromatic heterocycles. The van der Waals surface area contributed by atoms with Gasteiger partial charge in [-0.05, 0) is 37.6 Å². The quantitative estimate of drug-likeness (QED) is 0.834. The van der Waals surface area contributed by atoms with E-state index in [0.717, 1.165) is 18.5 Å². The first-order chi connectivity index (χ1) is 9.82. The fourth-order valence-corrected chi connectivity index (χ4v) is 2.43. The van der Waals surface area contributed by atoms with Crippen molar-refractivity contribution in [2.45, 2.75) is 45.6 Å². The van der Waals surface area contributed by atoms with Crippen LogP contribution < -0.4 is 10.5 Å². The van der Waals surface area contributed by atoms with Gasteiger partial charge in [0.1, 0.15) is 5.75 Å². The number of hydrogen-bond donors (Lipinski definition) is 1. The normalized spacial score (nSPS) is 15.0. The first-order valence-electron chi connectivity index (χ1n) is 7.13. The molecule has 6 heteroatoms. The van der Waals surface area contributed by atoms with Crippen LogP contribution in [0.25, 0.3) is 0 Å². The van der Waals surface area contributed by atoms with Crippen molar-refractivity contribution in [3.63, 3.8) is 0 Å². The standard InChI is InChI=1S/C15H23F3N2O/c1-4-11(3)20(5-2)14(10-19)12-6-8-13(9-7-12)21-15(16,17)18/h6-9,11,14H,4-5,10,19H2,1-3H3. The van der Waals surface area contributed by atoms with Crippen LogP contribution in [0.1, 0.15) is 38.8 Å². The summed E-state index contributed by atoms with van der Waals surface area (Å²) >= 11 is 0. The number of benzene rings is 1. The lowest BCUT2D eigenvalue weighted by molar-refractivity contribution is -0.274. The Morgan fingerprint density at radius 3 is 2.14 bits per heavy atom. The predicted octanol–water partition coefficient (Wildman–Crippen LogP) is 3.71. The van der Waals surface area contributed by atoms with Crippen molar-refractivity contribution in [2.75, 3.05) is 13.1 Å². The maximum Gasteiger partial charge on any atom is 0.573 e. The van der Waals surface area contributed by atoms with Gasteiger partial charge in [0.25, 0.3) is 0 Å². The summed E-state index contributed by atoms with van der Waals surface area (Å²) in [4.78, 5) is 2.25. The largest absolute Gasteiger partial charge is 0.573 e. The Labute approximate surface area is 123 Å². The summed E-state index contributed by atoms with van der Waals surface area (Å²) in [6, 6.07) is 6.29. The Hall–Kier alpha value is -1.27. The summed E-state index contributed by atoms with van der Waals surface area (Å²) in [5.74, 6) is -0.214. The maximum absolute atomic E-state index is 12.2. The monoisotopic (exact) mass is 304 g/mol. The van der Waals surface area contributed by atoms with Gasteiger partial charge < -0.3 is 10.5 Å². The lowest BCUT2D eigenvalue weighted by atomic mass is 10.0. The lowest BCUT2D eigenvalue weighted by Gasteiger charge is -2.35. The van der Waals surface area contributed by atoms with Crippen LogP contribution in [-0.4, -0.2) is 30.4 Å². The molecule has 0 spiro atoms. The van der Waals surface area contributed by atoms with Crippen LogP contribution >= 0.6 is 0 Å². The molecule has 0 aliphatic carbocycles. The minimum absolute atomic E-state index is 0.00936. The maximum atomic E-state index is 12.2. The summed E-state index contributed by atoms with van der Waals surface area (Å²) in [5, 5.41) is 0. The summed E-state index contributed by atoms with van der Waals surface area (Å²) in [6.07, 6.45) is -3.68. The Kier molecular flexibility index (Phi) is 6.48. The van der Waals surface area contributed by atoms with Crippen LogP contribution in [0, 0.1) is 0 Å². The van der Waals surface area contributed by atoms with Crippen molar-refractivity contribution >= 4 is 0 Å². The molecule has 1 rings (SSSR count). The fraction of sp³-hybridized carbons (Fsp3) is 0.600. The molecular formula is C15H23F3N2O. The van der Waals surface area contributed by atoms with E-state index < -0.39 is 6.36 Å². The molecule has 2 atom stereocenters. The molecule has 0 aliphatic rings. The first kappa shape index (κ1) is 17.8. The van der Waals surface area contributed by atoms with E-state index in [1.165, 1.54) is 12.1 Å². The zero-order valence-electron chi connectivity index (χ0n) is 12.7. The number of likely N-dealkylation sites (N-methyl/N-ethyl adjacent to an activating group) is 1. The van der Waals surface area contributed by atoms with Crippen LogP contribution in [0.4, 0.5) is 13.2 Å². The van der Waals surface area contributed by atoms with Crippen LogP contribution in [0.5, 0.6) is 5.75 Å². The second-order valence-electron chi connectivity index (χ2n) is 4.96. The molecule has 0 saturated heterocycles. The number of hydrogen-bond acceptors (Lipinski definition) is 3. The van der Waals surface area contributed by atoms with Gasteiger partial charge in [0, 0.05) is 18.6 Å². The van der Waals surface area contributed by atoms with E-state index in [-0.39, 0.29) is 11.8 Å². The van der Waals surface area contributed by atoms with E-state index in [2.05, 4.69) is 30.4 Å². The number of alkyl halides is 3. The predicted molar refractivity (Wildman–Crippen MR) is 77.1 cm³/mol. The molecule has 3 nitrogen and oxygen atoms in total. The molecule has 0 fully saturated rings. The highest BCUT2D eigenvalue weighted by molar-refractivity contribution is 5.29. The lowest BCUT2D eigenvalue weighted by Crippen LogP contribution is -2.39. The highest BCUT2D eigenvalue weighted by atomic mass is 19.4. The van der Waals surface area contributed by atoms with Gasteiger partial charge in [-0.2, -0.15) is 0 Å². The third-order valence-corrected chi connectivity index (χ3v) is 3.64. The van der Waals surface area contributed by atoms with Crippen LogP contribution in [0.2, 0.25) is 0 Å². The molecule has 0 saturated carbocycles. The summed E-state index contributed by atoms with van der Waals surface area (Å²) in [6.45, 7) is 7.51. The Bertz CT molecular complexity index is 420. The number of halogens is 3. The summed E-state index contributed by atoms with van der Waals surface area (Å²) in [7, 11) is 0. The fourth-order valence-electron chi connectivity index (χ4n) is 2.43. The number of rotatable bonds is 7. The number of nitrogens with zero attached hydrogens (tertiary/aromatic N) is 1. The van der Waals surface area contributed by atoms with Crippen molar-refractivity contribution in [3.8, 4) is 5.75 Å². The molecule has 0 heterocycles. The van der Waals surface area contributed by atoms with Crippen molar-refractivity contribution in [2.24, 2.45) is 5.73 Å². The van der Waals surface area contributed by atoms with E-state index >= 15 is 0 Å². The van der Waals surface area contributed by atoms with Gasteiger partial charge in [0.2, 0.25) is 0 Å². The highest BCUT2D eigenvalue weighted by Crippen LogP contribution is 2.27. The van der Waals surface area contributed by atoms with E-state index in [4.69, 9.17) is 5.73 Å². The molecule has 21 heavy (non-hydrogen) atoms. The smallest absolute Gasteiger partial charge is 0.406 e. The molecule has 1 aromatic rings. The molecule has 0 aliphatic heterocycles. The molecule has 2 N–H and O–H groups in total. The van der Waals surface area contributed by atoms with Gasteiger partial charge in [0.15, 0.2) is 0 Å². The summed E-state index contributed by atoms with van der Waals surface area (Å²) < 4.78 is 40.3. The molecule has 1 aromatic carbocycles. The minimum atomic E-state index is -4.67. The van der Waals surface area contributed by atoms with Gasteiger partial charge in [-0.25, -0.2) is 0 Å². The second-order valence-corrected chi connectivity index (χ2v) is 4.96. The van der Waals surface area contributed by atoms with Crippen molar-refractivity contribution in [1.29, 1.82) is 0 Å². The molecular weight excluding hydrogens is 281 g/mol. The molecule has 0 amide bonds. The SMILES string of the molecule is CCC(C)N(CC)C(CN)c1ccc(OC(F)(F)F)cc1. The van der Waals surface area contributed by atoms with Gasteiger partial charge in [-0.3, -0.25) is 4.90 Å². The van der Waals surface area contributed by atoms with E-state index in [9.17, 15) is 13.2 Å². The molecule has 0 radical (unpaired) electrons. The van der Waals surface area contributed by atoms with Crippen LogP contribution in [0.15, 0.2) is 24.3 Å². The minimum Gasteiger partial charge on any atom is -0.406 e. The average molecular weight is 304 g/mol. The average Bonchev–Trinajstić information content (AvgIpc) is 2.43. The van der Waals surface area contributed by atoms with Gasteiger partial charge >= 0.3 is 6.36 Å². The molecule has 120 valence electrons. The van der Waals surface area contributed by atoms with E-state index in [1.807, 2.05) is 0 Å². The second kappa shape index (κ2) is 7.66. The third-order valence-electron chi connectivity index (χ3n) is 3.64. The third kappa shape index (κ3) is 5.21. The van der Waals surface area contributed by atoms with Gasteiger partial charge in [-0.1, -0.05) is 26.0 Å². The number of ether oxygens (including phenoxy) is 1. The van der Waals surface area contributed by atoms with Crippen molar-refractivity contribution in [3.05, 3.63) is 29.8 Å². The van der Waals surface area contributed by atoms with Crippen molar-refractivity contribution in [1.82, 2.24) is 4.90 Å². The Morgan fingerprint density at radius 1 is 1.19 bits per heavy atom. The summed E-state index contributed by atoms with van der Waals surface area (Å²) in [5.41, 5.74) is 6.76. The van der Waals surface area contributed by atoms with Gasteiger partial charge in [0.05, 0.1) is 0 Å². The van der Waals surface area contributed by atoms with E-state index in [0.29, 0.717) is 12.6 Å².